The Bertz CT molecular complexity index is 2290. The molecule has 1 aromatic carbocycles. The van der Waals surface area contributed by atoms with Crippen LogP contribution in [0.5, 0.6) is 0 Å². The molecule has 0 saturated heterocycles. The summed E-state index contributed by atoms with van der Waals surface area (Å²) in [5.74, 6) is -0.860. The lowest BCUT2D eigenvalue weighted by molar-refractivity contribution is -0.136. The zero-order valence-electron chi connectivity index (χ0n) is 29.9. The fourth-order valence-corrected chi connectivity index (χ4v) is 7.03. The number of allylic oxidation sites excluding steroid dienone is 5. The van der Waals surface area contributed by atoms with Crippen LogP contribution in [0.4, 0.5) is 0 Å². The third kappa shape index (κ3) is 7.41. The Morgan fingerprint density at radius 1 is 0.745 bits per heavy atom. The molecule has 0 aliphatic carbocycles. The first-order valence-corrected chi connectivity index (χ1v) is 17.5. The molecule has 8 nitrogen and oxygen atoms in total. The number of aryl methyl sites for hydroxylation is 4. The minimum absolute atomic E-state index is 0.00427. The van der Waals surface area contributed by atoms with Gasteiger partial charge in [-0.05, 0) is 117 Å². The molecule has 1 amide bonds. The third-order valence-corrected chi connectivity index (χ3v) is 10.0. The molecule has 260 valence electrons. The summed E-state index contributed by atoms with van der Waals surface area (Å²) in [6, 6.07) is 18.4. The van der Waals surface area contributed by atoms with Gasteiger partial charge in [0, 0.05) is 52.6 Å². The summed E-state index contributed by atoms with van der Waals surface area (Å²) in [5, 5.41) is 12.7. The van der Waals surface area contributed by atoms with E-state index in [1.165, 1.54) is 5.56 Å². The third-order valence-electron chi connectivity index (χ3n) is 10.0. The zero-order valence-corrected chi connectivity index (χ0v) is 29.9. The van der Waals surface area contributed by atoms with Crippen LogP contribution in [0.25, 0.3) is 50.4 Å². The normalized spacial score (nSPS) is 12.7. The molecule has 6 rings (SSSR count). The molecule has 8 bridgehead atoms. The smallest absolute Gasteiger partial charge is 0.303 e. The van der Waals surface area contributed by atoms with Crippen molar-refractivity contribution in [3.05, 3.63) is 124 Å². The lowest BCUT2D eigenvalue weighted by atomic mass is 10.00. The number of aliphatic carboxylic acids is 1. The number of H-pyrrole nitrogens is 2. The van der Waals surface area contributed by atoms with Crippen molar-refractivity contribution in [2.75, 3.05) is 6.54 Å². The predicted octanol–water partition coefficient (Wildman–Crippen LogP) is 9.17. The van der Waals surface area contributed by atoms with E-state index in [0.29, 0.717) is 31.5 Å². The van der Waals surface area contributed by atoms with Gasteiger partial charge in [-0.3, -0.25) is 9.59 Å². The van der Waals surface area contributed by atoms with Crippen LogP contribution in [0, 0.1) is 13.8 Å². The topological polar surface area (TPSA) is 124 Å². The molecular formula is C43H45N5O3. The number of nitrogens with zero attached hydrogens (tertiary/aromatic N) is 2. The standard InChI is InChI=1S/C43H45N5O3/c1-7-30-25(3)34-21-35-28(6)33(17-19-43(50)51)41(47-35)24-40-32(16-18-42(49)44-20-12-15-29-13-10-9-11-14-29)27(5)37(48-40)23-39-31(8-2)26(4)36(46-39)22-38(30)45-34/h7-11,13-14,21-24,46,48H,1-2,12,15-20H2,3-6H3,(H,44,49)(H,50,51). The number of carboxylic acid groups (broad SMARTS) is 1. The molecule has 5 heterocycles. The van der Waals surface area contributed by atoms with E-state index in [0.717, 1.165) is 96.5 Å². The molecular weight excluding hydrogens is 635 g/mol. The van der Waals surface area contributed by atoms with Gasteiger partial charge in [-0.25, -0.2) is 9.97 Å². The lowest BCUT2D eigenvalue weighted by Gasteiger charge is -2.06. The molecule has 4 N–H and O–H groups in total. The van der Waals surface area contributed by atoms with Crippen molar-refractivity contribution in [3.63, 3.8) is 0 Å². The highest BCUT2D eigenvalue weighted by Gasteiger charge is 2.21. The van der Waals surface area contributed by atoms with Gasteiger partial charge in [0.25, 0.3) is 0 Å². The van der Waals surface area contributed by atoms with E-state index in [9.17, 15) is 14.7 Å². The summed E-state index contributed by atoms with van der Waals surface area (Å²) in [6.07, 6.45) is 6.65. The number of aromatic amines is 2. The molecule has 0 unspecified atom stereocenters. The summed E-state index contributed by atoms with van der Waals surface area (Å²) in [4.78, 5) is 42.1. The zero-order chi connectivity index (χ0) is 36.2. The molecule has 4 aromatic rings. The van der Waals surface area contributed by atoms with E-state index < -0.39 is 5.97 Å². The lowest BCUT2D eigenvalue weighted by Crippen LogP contribution is -2.25. The van der Waals surface area contributed by atoms with Crippen molar-refractivity contribution < 1.29 is 14.7 Å². The average molecular weight is 680 g/mol. The minimum Gasteiger partial charge on any atom is -0.481 e. The van der Waals surface area contributed by atoms with Crippen LogP contribution in [0.2, 0.25) is 0 Å². The van der Waals surface area contributed by atoms with Gasteiger partial charge in [0.2, 0.25) is 5.91 Å². The SMILES string of the molecule is C=CC1=C(C)c2cc3nc(cc4[nH]c(cc5[nH]c(cc1n2)c(C)c5C=C)c(C)c4CCC(=O)NCCCc1ccccc1)C(CCC(=O)O)=C3C. The number of amides is 1. The monoisotopic (exact) mass is 679 g/mol. The summed E-state index contributed by atoms with van der Waals surface area (Å²) < 4.78 is 0. The van der Waals surface area contributed by atoms with Crippen LogP contribution >= 0.6 is 0 Å². The van der Waals surface area contributed by atoms with Gasteiger partial charge in [-0.15, -0.1) is 0 Å². The van der Waals surface area contributed by atoms with Crippen LogP contribution in [0.1, 0.15) is 90.1 Å². The second kappa shape index (κ2) is 15.0. The molecule has 0 atom stereocenters. The summed E-state index contributed by atoms with van der Waals surface area (Å²) in [5.41, 5.74) is 15.7. The van der Waals surface area contributed by atoms with Crippen molar-refractivity contribution >= 4 is 62.3 Å². The number of fused-ring (bicyclic) bond motifs is 8. The van der Waals surface area contributed by atoms with Crippen molar-refractivity contribution in [3.8, 4) is 0 Å². The van der Waals surface area contributed by atoms with Crippen LogP contribution < -0.4 is 5.32 Å². The Labute approximate surface area is 298 Å². The number of benzene rings is 1. The summed E-state index contributed by atoms with van der Waals surface area (Å²) in [7, 11) is 0. The highest BCUT2D eigenvalue weighted by atomic mass is 16.4. The number of nitrogens with one attached hydrogen (secondary N) is 3. The Kier molecular flexibility index (Phi) is 10.3. The van der Waals surface area contributed by atoms with Crippen molar-refractivity contribution in [2.24, 2.45) is 0 Å². The first-order valence-electron chi connectivity index (χ1n) is 17.5. The van der Waals surface area contributed by atoms with Crippen LogP contribution in [0.3, 0.4) is 0 Å². The predicted molar refractivity (Wildman–Crippen MR) is 209 cm³/mol. The average Bonchev–Trinajstić information content (AvgIpc) is 3.77. The Morgan fingerprint density at radius 3 is 2.16 bits per heavy atom. The van der Waals surface area contributed by atoms with Gasteiger partial charge in [0.15, 0.2) is 0 Å². The number of carbonyl (C=O) groups excluding carboxylic acids is 1. The van der Waals surface area contributed by atoms with E-state index in [-0.39, 0.29) is 12.3 Å². The van der Waals surface area contributed by atoms with Gasteiger partial charge in [-0.2, -0.15) is 0 Å². The number of hydrogen-bond acceptors (Lipinski definition) is 4. The molecule has 0 spiro atoms. The van der Waals surface area contributed by atoms with E-state index >= 15 is 0 Å². The second-order valence-corrected chi connectivity index (χ2v) is 13.3. The maximum atomic E-state index is 13.1. The van der Waals surface area contributed by atoms with Gasteiger partial charge in [0.05, 0.1) is 22.8 Å². The quantitative estimate of drug-likeness (QED) is 0.111. The van der Waals surface area contributed by atoms with Gasteiger partial charge in [0.1, 0.15) is 0 Å². The number of rotatable bonds is 12. The van der Waals surface area contributed by atoms with Gasteiger partial charge >= 0.3 is 5.97 Å². The highest BCUT2D eigenvalue weighted by Crippen LogP contribution is 2.37. The fraction of sp³-hybridized carbons (Fsp3) is 0.256. The van der Waals surface area contributed by atoms with E-state index in [4.69, 9.17) is 9.97 Å². The Hall–Kier alpha value is -5.76. The largest absolute Gasteiger partial charge is 0.481 e. The molecule has 2 aliphatic rings. The molecule has 3 aromatic heterocycles. The van der Waals surface area contributed by atoms with Crippen molar-refractivity contribution in [1.82, 2.24) is 25.3 Å². The number of hydrogen-bond donors (Lipinski definition) is 4. The summed E-state index contributed by atoms with van der Waals surface area (Å²) >= 11 is 0. The first-order chi connectivity index (χ1) is 24.6. The van der Waals surface area contributed by atoms with E-state index in [2.05, 4.69) is 60.5 Å². The molecule has 0 radical (unpaired) electrons. The fourth-order valence-electron chi connectivity index (χ4n) is 7.03. The number of carbonyl (C=O) groups is 2. The van der Waals surface area contributed by atoms with E-state index in [1.54, 1.807) is 0 Å². The van der Waals surface area contributed by atoms with Gasteiger partial charge in [-0.1, -0.05) is 55.6 Å². The van der Waals surface area contributed by atoms with Crippen molar-refractivity contribution in [1.29, 1.82) is 0 Å². The van der Waals surface area contributed by atoms with E-state index in [1.807, 2.05) is 62.4 Å². The Balaban J connectivity index is 1.48. The second-order valence-electron chi connectivity index (χ2n) is 13.3. The molecule has 0 saturated carbocycles. The van der Waals surface area contributed by atoms with Crippen molar-refractivity contribution in [2.45, 2.75) is 66.2 Å². The minimum atomic E-state index is -0.864. The first kappa shape index (κ1) is 35.1. The maximum absolute atomic E-state index is 13.1. The van der Waals surface area contributed by atoms with Crippen LogP contribution in [-0.2, 0) is 22.4 Å². The number of carboxylic acids is 1. The molecule has 8 heteroatoms. The Morgan fingerprint density at radius 2 is 1.43 bits per heavy atom. The highest BCUT2D eigenvalue weighted by molar-refractivity contribution is 5.98. The van der Waals surface area contributed by atoms with Gasteiger partial charge < -0.3 is 20.4 Å². The summed E-state index contributed by atoms with van der Waals surface area (Å²) in [6.45, 7) is 17.0. The maximum Gasteiger partial charge on any atom is 0.303 e. The van der Waals surface area contributed by atoms with Crippen LogP contribution in [-0.4, -0.2) is 43.5 Å². The molecule has 0 fully saturated rings. The molecule has 2 aliphatic heterocycles. The van der Waals surface area contributed by atoms with Crippen LogP contribution in [0.15, 0.2) is 73.8 Å². The number of aromatic nitrogens is 4. The molecule has 51 heavy (non-hydrogen) atoms.